The smallest absolute Gasteiger partial charge is 0.331 e. The molecular formula is C35H46N2O6S2. The van der Waals surface area contributed by atoms with Gasteiger partial charge in [0.1, 0.15) is 22.2 Å². The van der Waals surface area contributed by atoms with Crippen LogP contribution in [0.4, 0.5) is 11.4 Å². The summed E-state index contributed by atoms with van der Waals surface area (Å²) >= 11 is 1.46. The summed E-state index contributed by atoms with van der Waals surface area (Å²) in [5, 5.41) is 9.31. The average molecular weight is 655 g/mol. The first-order valence-corrected chi connectivity index (χ1v) is 18.1. The predicted molar refractivity (Wildman–Crippen MR) is 185 cm³/mol. The van der Waals surface area contributed by atoms with Gasteiger partial charge < -0.3 is 19.5 Å². The first kappa shape index (κ1) is 34.7. The standard InChI is InChI=1S/C35H46N2O6S2/c1-6-8-19-35(20-9-7-2)25-36(28-13-11-10-12-14-28)30-22-32(44-5)31(43-26(3)21-34(38)39)23-33(30)45(40,41)37(35)24-27-15-17-29(42-4)18-16-27/h10-18,21-23,40-41H,6-9,19-20,24-25H2,1-5H3,(H,38,39)/b26-21+. The average Bonchev–Trinajstić information content (AvgIpc) is 3.10. The molecule has 0 saturated heterocycles. The van der Waals surface area contributed by atoms with Crippen LogP contribution >= 0.6 is 22.5 Å². The van der Waals surface area contributed by atoms with Crippen molar-refractivity contribution in [1.82, 2.24) is 4.31 Å². The number of allylic oxidation sites excluding steroid dienone is 1. The van der Waals surface area contributed by atoms with Crippen LogP contribution in [-0.2, 0) is 11.3 Å². The van der Waals surface area contributed by atoms with Gasteiger partial charge in [-0.2, -0.15) is 4.31 Å². The molecule has 4 rings (SSSR count). The lowest BCUT2D eigenvalue weighted by molar-refractivity contribution is -0.131. The summed E-state index contributed by atoms with van der Waals surface area (Å²) in [5.41, 5.74) is 2.02. The Morgan fingerprint density at radius 2 is 1.67 bits per heavy atom. The van der Waals surface area contributed by atoms with E-state index in [2.05, 4.69) is 30.9 Å². The van der Waals surface area contributed by atoms with E-state index in [9.17, 15) is 19.0 Å². The van der Waals surface area contributed by atoms with Crippen LogP contribution in [0.1, 0.15) is 64.9 Å². The molecule has 0 aromatic heterocycles. The van der Waals surface area contributed by atoms with Crippen molar-refractivity contribution < 1.29 is 28.5 Å². The summed E-state index contributed by atoms with van der Waals surface area (Å²) in [7, 11) is -1.98. The van der Waals surface area contributed by atoms with Crippen LogP contribution in [0.5, 0.6) is 11.5 Å². The van der Waals surface area contributed by atoms with Crippen LogP contribution in [0.25, 0.3) is 0 Å². The molecule has 8 nitrogen and oxygen atoms in total. The zero-order chi connectivity index (χ0) is 32.6. The number of methoxy groups -OCH3 is 1. The zero-order valence-electron chi connectivity index (χ0n) is 26.9. The minimum atomic E-state index is -3.61. The lowest BCUT2D eigenvalue weighted by Gasteiger charge is -2.52. The Bertz CT molecular complexity index is 1450. The maximum absolute atomic E-state index is 12.6. The number of hydrogen-bond donors (Lipinski definition) is 3. The third-order valence-corrected chi connectivity index (χ3v) is 11.1. The SMILES string of the molecule is CCCCC1(CCCC)CN(c2ccccc2)c2cc(SC)c(O/C(C)=C/C(=O)O)cc2S(O)(O)N1Cc1ccc(OC)cc1. The van der Waals surface area contributed by atoms with E-state index in [1.165, 1.54) is 11.8 Å². The molecule has 10 heteroatoms. The fourth-order valence-corrected chi connectivity index (χ4v) is 8.55. The van der Waals surface area contributed by atoms with Crippen molar-refractivity contribution in [3.8, 4) is 11.5 Å². The molecule has 0 saturated carbocycles. The van der Waals surface area contributed by atoms with Gasteiger partial charge >= 0.3 is 5.97 Å². The Morgan fingerprint density at radius 3 is 2.22 bits per heavy atom. The maximum Gasteiger partial charge on any atom is 0.331 e. The van der Waals surface area contributed by atoms with Gasteiger partial charge in [-0.1, -0.05) is 69.9 Å². The molecule has 244 valence electrons. The Kier molecular flexibility index (Phi) is 11.9. The second kappa shape index (κ2) is 15.4. The van der Waals surface area contributed by atoms with E-state index >= 15 is 0 Å². The lowest BCUT2D eigenvalue weighted by Crippen LogP contribution is -2.54. The molecule has 0 unspecified atom stereocenters. The summed E-state index contributed by atoms with van der Waals surface area (Å²) in [5.74, 6) is 0.192. The van der Waals surface area contributed by atoms with Crippen molar-refractivity contribution >= 4 is 39.9 Å². The van der Waals surface area contributed by atoms with Crippen LogP contribution in [0, 0.1) is 0 Å². The van der Waals surface area contributed by atoms with Gasteiger partial charge in [0.2, 0.25) is 0 Å². The van der Waals surface area contributed by atoms with E-state index in [1.54, 1.807) is 20.1 Å². The molecule has 1 aliphatic heterocycles. The van der Waals surface area contributed by atoms with E-state index < -0.39 is 22.3 Å². The van der Waals surface area contributed by atoms with E-state index in [-0.39, 0.29) is 5.76 Å². The van der Waals surface area contributed by atoms with Gasteiger partial charge in [-0.3, -0.25) is 9.11 Å². The molecule has 1 aliphatic rings. The number of unbranched alkanes of at least 4 members (excludes halogenated alkanes) is 2. The monoisotopic (exact) mass is 654 g/mol. The van der Waals surface area contributed by atoms with Crippen molar-refractivity contribution in [2.75, 3.05) is 24.8 Å². The first-order chi connectivity index (χ1) is 21.6. The number of carboxylic acids is 1. The Hall–Kier alpha value is -3.15. The number of carbonyl (C=O) groups is 1. The fourth-order valence-electron chi connectivity index (χ4n) is 5.96. The molecule has 3 aromatic rings. The van der Waals surface area contributed by atoms with Crippen molar-refractivity contribution in [2.24, 2.45) is 0 Å². The van der Waals surface area contributed by atoms with E-state index in [1.807, 2.05) is 59.1 Å². The molecule has 45 heavy (non-hydrogen) atoms. The third-order valence-electron chi connectivity index (χ3n) is 8.26. The number of fused-ring (bicyclic) bond motifs is 1. The van der Waals surface area contributed by atoms with Crippen LogP contribution in [0.2, 0.25) is 0 Å². The highest BCUT2D eigenvalue weighted by molar-refractivity contribution is 8.22. The van der Waals surface area contributed by atoms with Crippen LogP contribution < -0.4 is 14.4 Å². The van der Waals surface area contributed by atoms with Crippen molar-refractivity contribution in [1.29, 1.82) is 0 Å². The number of para-hydroxylation sites is 1. The molecule has 0 amide bonds. The second-order valence-electron chi connectivity index (χ2n) is 11.4. The van der Waals surface area contributed by atoms with E-state index in [0.29, 0.717) is 29.4 Å². The second-order valence-corrected chi connectivity index (χ2v) is 14.2. The topological polar surface area (TPSA) is 103 Å². The summed E-state index contributed by atoms with van der Waals surface area (Å²) in [6.45, 7) is 6.79. The van der Waals surface area contributed by atoms with Crippen molar-refractivity contribution in [3.63, 3.8) is 0 Å². The highest BCUT2D eigenvalue weighted by Gasteiger charge is 2.49. The third kappa shape index (κ3) is 7.99. The Balaban J connectivity index is 2.01. The number of benzene rings is 3. The van der Waals surface area contributed by atoms with Gasteiger partial charge in [0.15, 0.2) is 0 Å². The van der Waals surface area contributed by atoms with E-state index in [4.69, 9.17) is 9.47 Å². The number of aliphatic carboxylic acids is 1. The lowest BCUT2D eigenvalue weighted by atomic mass is 9.85. The summed E-state index contributed by atoms with van der Waals surface area (Å²) in [6, 6.07) is 21.5. The minimum absolute atomic E-state index is 0.193. The van der Waals surface area contributed by atoms with Gasteiger partial charge in [-0.25, -0.2) is 4.79 Å². The molecule has 0 radical (unpaired) electrons. The van der Waals surface area contributed by atoms with Crippen LogP contribution in [-0.4, -0.2) is 49.9 Å². The van der Waals surface area contributed by atoms with Gasteiger partial charge in [0.05, 0.1) is 29.3 Å². The molecule has 3 aromatic carbocycles. The van der Waals surface area contributed by atoms with Gasteiger partial charge in [0.25, 0.3) is 0 Å². The Morgan fingerprint density at radius 1 is 1.02 bits per heavy atom. The summed E-state index contributed by atoms with van der Waals surface area (Å²) in [4.78, 5) is 14.7. The quantitative estimate of drug-likeness (QED) is 0.0891. The number of nitrogens with zero attached hydrogens (tertiary/aromatic N) is 2. The number of hydrogen-bond acceptors (Lipinski definition) is 8. The summed E-state index contributed by atoms with van der Waals surface area (Å²) in [6.07, 6.45) is 8.31. The highest BCUT2D eigenvalue weighted by atomic mass is 32.3. The number of carboxylic acid groups (broad SMARTS) is 1. The number of thioether (sulfide) groups is 1. The molecule has 1 heterocycles. The largest absolute Gasteiger partial charge is 0.497 e. The van der Waals surface area contributed by atoms with Gasteiger partial charge in [-0.15, -0.1) is 22.5 Å². The molecule has 0 atom stereocenters. The maximum atomic E-state index is 12.6. The van der Waals surface area contributed by atoms with Crippen molar-refractivity contribution in [2.45, 2.75) is 81.2 Å². The first-order valence-electron chi connectivity index (χ1n) is 15.4. The minimum Gasteiger partial charge on any atom is -0.497 e. The molecule has 0 spiro atoms. The molecule has 0 fully saturated rings. The molecule has 3 N–H and O–H groups in total. The fraction of sp³-hybridized carbons (Fsp3) is 0.400. The normalized spacial score (nSPS) is 16.9. The van der Waals surface area contributed by atoms with Crippen molar-refractivity contribution in [3.05, 3.63) is 84.1 Å². The number of ether oxygens (including phenoxy) is 2. The molecular weight excluding hydrogens is 609 g/mol. The Labute approximate surface area is 273 Å². The number of anilines is 2. The van der Waals surface area contributed by atoms with E-state index in [0.717, 1.165) is 66.5 Å². The van der Waals surface area contributed by atoms with Crippen LogP contribution in [0.3, 0.4) is 0 Å². The van der Waals surface area contributed by atoms with Crippen LogP contribution in [0.15, 0.2) is 88.4 Å². The highest BCUT2D eigenvalue weighted by Crippen LogP contribution is 2.64. The molecule has 0 bridgehead atoms. The van der Waals surface area contributed by atoms with Gasteiger partial charge in [-0.05, 0) is 61.9 Å². The summed E-state index contributed by atoms with van der Waals surface area (Å²) < 4.78 is 38.7. The predicted octanol–water partition coefficient (Wildman–Crippen LogP) is 9.58. The molecule has 0 aliphatic carbocycles. The van der Waals surface area contributed by atoms with Gasteiger partial charge in [0, 0.05) is 24.8 Å². The number of rotatable bonds is 14. The zero-order valence-corrected chi connectivity index (χ0v) is 28.5.